The van der Waals surface area contributed by atoms with Crippen LogP contribution in [-0.4, -0.2) is 4.98 Å². The van der Waals surface area contributed by atoms with Crippen molar-refractivity contribution in [3.8, 4) is 55.8 Å². The Bertz CT molecular complexity index is 2420. The van der Waals surface area contributed by atoms with Crippen molar-refractivity contribution in [2.24, 2.45) is 0 Å². The molecule has 1 nitrogen and oxygen atoms in total. The average molecular weight is 963 g/mol. The molecular weight excluding hydrogens is 903 g/mol. The third kappa shape index (κ3) is 10.0. The number of aromatic nitrogens is 1. The van der Waals surface area contributed by atoms with Gasteiger partial charge in [0.05, 0.1) is 0 Å². The number of hydrogen-bond acceptors (Lipinski definition) is 1. The Kier molecular flexibility index (Phi) is 15.2. The summed E-state index contributed by atoms with van der Waals surface area (Å²) in [6, 6.07) is 59.9. The monoisotopic (exact) mass is 963 g/mol. The first-order chi connectivity index (χ1) is 29.1. The summed E-state index contributed by atoms with van der Waals surface area (Å²) in [4.78, 5) is 5.08. The molecule has 1 aliphatic carbocycles. The van der Waals surface area contributed by atoms with Crippen LogP contribution in [0.3, 0.4) is 0 Å². The van der Waals surface area contributed by atoms with Crippen LogP contribution in [0.2, 0.25) is 0 Å². The minimum absolute atomic E-state index is 0. The van der Waals surface area contributed by atoms with Crippen LogP contribution in [0, 0.1) is 6.07 Å². The quantitative estimate of drug-likeness (QED) is 0.0581. The summed E-state index contributed by atoms with van der Waals surface area (Å²) < 4.78 is 0. The van der Waals surface area contributed by atoms with Gasteiger partial charge in [-0.15, -0.1) is 29.3 Å². The van der Waals surface area contributed by atoms with Crippen LogP contribution in [-0.2, 0) is 38.4 Å². The molecule has 1 aromatic heterocycles. The van der Waals surface area contributed by atoms with Crippen molar-refractivity contribution in [1.29, 1.82) is 0 Å². The molecule has 0 atom stereocenters. The van der Waals surface area contributed by atoms with Crippen molar-refractivity contribution in [2.75, 3.05) is 0 Å². The number of pyridine rings is 1. The van der Waals surface area contributed by atoms with Gasteiger partial charge in [-0.05, 0) is 106 Å². The summed E-state index contributed by atoms with van der Waals surface area (Å²) >= 11 is 0. The molecule has 0 bridgehead atoms. The van der Waals surface area contributed by atoms with E-state index in [2.05, 4.69) is 172 Å². The molecule has 2 heteroatoms. The Labute approximate surface area is 374 Å². The standard InChI is InChI=1S/C58H60N.Ir/c1-3-5-16-37-58(38-17-6-4-2)55-32-15-14-31-53(55)54-35-33-51(42-56(54)58)57-36-34-52(43-59-57)50-30-20-29-49(41-50)48-28-19-27-47(40-48)46-26-18-25-45(39-46)24-11-8-7-10-21-44-22-12-9-13-23-44;/h9,12-15,18-20,22-23,25-32,34-36,39-43H,3-8,10-11,16-17,21,24,37-38H2,1-2H3;/q-1;. The van der Waals surface area contributed by atoms with Crippen molar-refractivity contribution in [3.05, 3.63) is 186 Å². The molecule has 0 saturated heterocycles. The van der Waals surface area contributed by atoms with E-state index in [0.717, 1.165) is 23.2 Å². The maximum Gasteiger partial charge on any atom is 0.0239 e. The van der Waals surface area contributed by atoms with E-state index in [1.807, 2.05) is 6.20 Å². The van der Waals surface area contributed by atoms with E-state index in [1.165, 1.54) is 145 Å². The van der Waals surface area contributed by atoms with Crippen molar-refractivity contribution in [3.63, 3.8) is 0 Å². The van der Waals surface area contributed by atoms with Gasteiger partial charge in [-0.3, -0.25) is 0 Å². The third-order valence-corrected chi connectivity index (χ3v) is 12.8. The van der Waals surface area contributed by atoms with Gasteiger partial charge in [0.25, 0.3) is 0 Å². The second-order valence-corrected chi connectivity index (χ2v) is 16.9. The van der Waals surface area contributed by atoms with Gasteiger partial charge in [-0.25, -0.2) is 0 Å². The fraction of sp³-hybridized carbons (Fsp3) is 0.293. The van der Waals surface area contributed by atoms with E-state index in [-0.39, 0.29) is 25.5 Å². The van der Waals surface area contributed by atoms with Crippen molar-refractivity contribution in [1.82, 2.24) is 4.98 Å². The first-order valence-electron chi connectivity index (χ1n) is 22.6. The molecule has 0 fully saturated rings. The molecule has 307 valence electrons. The number of nitrogens with zero attached hydrogens (tertiary/aromatic N) is 1. The molecule has 1 heterocycles. The molecule has 0 N–H and O–H groups in total. The van der Waals surface area contributed by atoms with Gasteiger partial charge in [0.2, 0.25) is 0 Å². The molecule has 0 unspecified atom stereocenters. The normalized spacial score (nSPS) is 12.4. The predicted octanol–water partition coefficient (Wildman–Crippen LogP) is 16.3. The maximum atomic E-state index is 5.08. The number of benzene rings is 6. The Morgan fingerprint density at radius 1 is 0.450 bits per heavy atom. The number of rotatable bonds is 19. The summed E-state index contributed by atoms with van der Waals surface area (Å²) in [5.74, 6) is 0. The van der Waals surface area contributed by atoms with Gasteiger partial charge < -0.3 is 4.98 Å². The molecule has 0 spiro atoms. The topological polar surface area (TPSA) is 12.9 Å². The Hall–Kier alpha value is -4.88. The molecule has 1 aliphatic rings. The zero-order valence-corrected chi connectivity index (χ0v) is 38.1. The molecule has 1 radical (unpaired) electrons. The van der Waals surface area contributed by atoms with Gasteiger partial charge in [0.1, 0.15) is 0 Å². The minimum Gasteiger partial charge on any atom is -0.304 e. The first kappa shape index (κ1) is 43.2. The van der Waals surface area contributed by atoms with Crippen molar-refractivity contribution < 1.29 is 20.1 Å². The van der Waals surface area contributed by atoms with Crippen LogP contribution in [0.25, 0.3) is 55.8 Å². The van der Waals surface area contributed by atoms with Crippen LogP contribution in [0.4, 0.5) is 0 Å². The Morgan fingerprint density at radius 3 is 1.65 bits per heavy atom. The largest absolute Gasteiger partial charge is 0.304 e. The van der Waals surface area contributed by atoms with E-state index >= 15 is 0 Å². The zero-order chi connectivity index (χ0) is 40.3. The van der Waals surface area contributed by atoms with E-state index in [1.54, 1.807) is 0 Å². The third-order valence-electron chi connectivity index (χ3n) is 12.8. The summed E-state index contributed by atoms with van der Waals surface area (Å²) in [5, 5.41) is 0. The molecule has 7 aromatic rings. The minimum atomic E-state index is 0. The molecule has 0 aliphatic heterocycles. The van der Waals surface area contributed by atoms with Gasteiger partial charge in [-0.2, -0.15) is 0 Å². The van der Waals surface area contributed by atoms with Crippen LogP contribution < -0.4 is 0 Å². The van der Waals surface area contributed by atoms with E-state index in [9.17, 15) is 0 Å². The van der Waals surface area contributed by atoms with Crippen LogP contribution in [0.1, 0.15) is 113 Å². The van der Waals surface area contributed by atoms with E-state index in [0.29, 0.717) is 0 Å². The Balaban J connectivity index is 0.00000544. The van der Waals surface area contributed by atoms with Gasteiger partial charge >= 0.3 is 0 Å². The summed E-state index contributed by atoms with van der Waals surface area (Å²) in [6.45, 7) is 4.63. The molecular formula is C58H60IrN-. The molecule has 0 saturated carbocycles. The van der Waals surface area contributed by atoms with E-state index in [4.69, 9.17) is 4.98 Å². The predicted molar refractivity (Wildman–Crippen MR) is 252 cm³/mol. The molecule has 60 heavy (non-hydrogen) atoms. The maximum absolute atomic E-state index is 5.08. The van der Waals surface area contributed by atoms with Gasteiger partial charge in [0.15, 0.2) is 0 Å². The van der Waals surface area contributed by atoms with Crippen LogP contribution in [0.5, 0.6) is 0 Å². The summed E-state index contributed by atoms with van der Waals surface area (Å²) in [5.41, 5.74) is 18.1. The zero-order valence-electron chi connectivity index (χ0n) is 35.7. The van der Waals surface area contributed by atoms with Crippen molar-refractivity contribution >= 4 is 0 Å². The fourth-order valence-electron chi connectivity index (χ4n) is 9.60. The molecule has 8 rings (SSSR count). The second-order valence-electron chi connectivity index (χ2n) is 16.9. The smallest absolute Gasteiger partial charge is 0.0239 e. The van der Waals surface area contributed by atoms with Crippen LogP contribution >= 0.6 is 0 Å². The molecule has 0 amide bonds. The Morgan fingerprint density at radius 2 is 1.02 bits per heavy atom. The number of unbranched alkanes of at least 4 members (excludes halogenated alkanes) is 7. The SMILES string of the molecule is CCCCCC1(CCCCC)c2ccccc2-c2c[c-]c(-c3ccc(-c4cccc(-c5cccc(-c6cccc(CCCCCCc7ccccc7)c6)c5)c4)cn3)cc21.[Ir]. The van der Waals surface area contributed by atoms with Gasteiger partial charge in [0, 0.05) is 31.7 Å². The van der Waals surface area contributed by atoms with E-state index < -0.39 is 0 Å². The number of fused-ring (bicyclic) bond motifs is 3. The molecule has 6 aromatic carbocycles. The fourth-order valence-corrected chi connectivity index (χ4v) is 9.60. The first-order valence-corrected chi connectivity index (χ1v) is 22.6. The number of aryl methyl sites for hydroxylation is 2. The average Bonchev–Trinajstić information content (AvgIpc) is 3.57. The van der Waals surface area contributed by atoms with Crippen LogP contribution in [0.15, 0.2) is 158 Å². The number of hydrogen-bond donors (Lipinski definition) is 0. The summed E-state index contributed by atoms with van der Waals surface area (Å²) in [6.07, 6.45) is 19.4. The summed E-state index contributed by atoms with van der Waals surface area (Å²) in [7, 11) is 0. The van der Waals surface area contributed by atoms with Gasteiger partial charge in [-0.1, -0.05) is 204 Å². The van der Waals surface area contributed by atoms with Crippen molar-refractivity contribution in [2.45, 2.75) is 109 Å². The second kappa shape index (κ2) is 21.1.